The number of ether oxygens (including phenoxy) is 2. The predicted octanol–water partition coefficient (Wildman–Crippen LogP) is 5.37. The molecule has 0 unspecified atom stereocenters. The third-order valence-electron chi connectivity index (χ3n) is 11.3. The maximum Gasteiger partial charge on any atom is 0.328 e. The van der Waals surface area contributed by atoms with E-state index in [9.17, 15) is 28.8 Å². The van der Waals surface area contributed by atoms with Gasteiger partial charge in [-0.3, -0.25) is 19.4 Å². The Morgan fingerprint density at radius 1 is 0.708 bits per heavy atom. The summed E-state index contributed by atoms with van der Waals surface area (Å²) >= 11 is -0.459. The summed E-state index contributed by atoms with van der Waals surface area (Å²) in [6.45, 7) is 14.3. The second-order valence-electron chi connectivity index (χ2n) is 20.5. The maximum atomic E-state index is 12.1. The second kappa shape index (κ2) is 27.3. The van der Waals surface area contributed by atoms with Crippen molar-refractivity contribution in [1.82, 2.24) is 79.5 Å². The smallest absolute Gasteiger partial charge is 0.328 e. The van der Waals surface area contributed by atoms with Gasteiger partial charge in [-0.1, -0.05) is 4.63 Å². The average molecular weight is 1360 g/mol. The molecule has 1 aromatic carbocycles. The molecule has 470 valence electrons. The number of hydrogen-bond acceptors (Lipinski definition) is 28. The van der Waals surface area contributed by atoms with Crippen molar-refractivity contribution in [2.75, 3.05) is 35.2 Å². The van der Waals surface area contributed by atoms with Crippen LogP contribution < -0.4 is 22.5 Å². The second-order valence-corrected chi connectivity index (χ2v) is 29.2. The Kier molecular flexibility index (Phi) is 20.2. The Labute approximate surface area is 510 Å². The number of aromatic amines is 2. The molecule has 0 spiro atoms. The number of nitrogens with one attached hydrogen (secondary N) is 4. The van der Waals surface area contributed by atoms with Crippen LogP contribution in [0.2, 0.25) is 0 Å². The van der Waals surface area contributed by atoms with Crippen LogP contribution in [0.4, 0.5) is 17.3 Å². The first-order chi connectivity index (χ1) is 42.0. The molecule has 9 aromatic rings. The Bertz CT molecular complexity index is 4150. The third kappa shape index (κ3) is 16.0. The zero-order valence-electron chi connectivity index (χ0n) is 49.0. The van der Waals surface area contributed by atoms with E-state index in [-0.39, 0.29) is 42.8 Å². The number of nitrogens with two attached hydrogens (primary N) is 3. The summed E-state index contributed by atoms with van der Waals surface area (Å²) in [5.41, 5.74) is 26.3. The van der Waals surface area contributed by atoms with Crippen molar-refractivity contribution in [3.05, 3.63) is 88.8 Å². The van der Waals surface area contributed by atoms with Crippen molar-refractivity contribution in [2.45, 2.75) is 86.2 Å². The van der Waals surface area contributed by atoms with Crippen molar-refractivity contribution in [3.8, 4) is 23.0 Å². The number of aliphatic carboxylic acids is 1. The van der Waals surface area contributed by atoms with Crippen LogP contribution >= 0.6 is 30.1 Å². The first kappa shape index (κ1) is 65.8. The predicted molar refractivity (Wildman–Crippen MR) is 325 cm³/mol. The fourth-order valence-electron chi connectivity index (χ4n) is 8.37. The number of pyridine rings is 1. The number of hydrogen-bond donors (Lipinski definition) is 8. The van der Waals surface area contributed by atoms with E-state index in [1.165, 1.54) is 45.5 Å². The summed E-state index contributed by atoms with van der Waals surface area (Å²) in [4.78, 5) is 110. The zero-order chi connectivity index (χ0) is 65.0. The van der Waals surface area contributed by atoms with E-state index in [0.717, 1.165) is 6.54 Å². The van der Waals surface area contributed by atoms with Gasteiger partial charge in [-0.05, 0) is 58.1 Å². The van der Waals surface area contributed by atoms with Gasteiger partial charge in [-0.15, -0.1) is 0 Å². The van der Waals surface area contributed by atoms with E-state index in [1.54, 1.807) is 82.1 Å². The number of halogens is 2. The molecule has 0 atom stereocenters. The molecule has 11 N–H and O–H groups in total. The molecule has 0 amide bonds. The van der Waals surface area contributed by atoms with Gasteiger partial charge in [0.15, 0.2) is 28.6 Å². The molecular weight excluding hydrogens is 1300 g/mol. The number of aromatic nitrogens is 15. The Balaban J connectivity index is 0.000000165. The fourth-order valence-corrected chi connectivity index (χ4v) is 16.1. The number of esters is 2. The minimum Gasteiger partial charge on any atom is -0.480 e. The number of H-pyrrole nitrogens is 2. The number of rotatable bonds is 12. The van der Waals surface area contributed by atoms with Crippen molar-refractivity contribution >= 4 is 122 Å². The van der Waals surface area contributed by atoms with Crippen LogP contribution in [-0.2, 0) is 62.3 Å². The molecule has 0 fully saturated rings. The van der Waals surface area contributed by atoms with Crippen molar-refractivity contribution in [3.63, 3.8) is 0 Å². The number of carboxylic acid groups (broad SMARTS) is 1. The van der Waals surface area contributed by atoms with Gasteiger partial charge < -0.3 is 47.1 Å². The van der Waals surface area contributed by atoms with E-state index in [4.69, 9.17) is 46.5 Å². The number of imidazole rings is 2. The minimum absolute atomic E-state index is 0.0303. The summed E-state index contributed by atoms with van der Waals surface area (Å²) in [6, 6.07) is 8.16. The molecule has 11 rings (SSSR count). The molecule has 0 radical (unpaired) electrons. The van der Waals surface area contributed by atoms with Crippen LogP contribution in [0.25, 0.3) is 56.1 Å². The van der Waals surface area contributed by atoms with Crippen molar-refractivity contribution in [1.29, 1.82) is 5.53 Å². The van der Waals surface area contributed by atoms with Crippen LogP contribution in [0.3, 0.4) is 0 Å². The normalized spacial score (nSPS) is 14.0. The first-order valence-corrected chi connectivity index (χ1v) is 32.2. The number of carbonyl (C=O) groups excluding carboxylic acids is 5. The quantitative estimate of drug-likeness (QED) is 0.0250. The van der Waals surface area contributed by atoms with Crippen LogP contribution in [0.1, 0.15) is 71.4 Å². The van der Waals surface area contributed by atoms with E-state index in [1.807, 2.05) is 20.8 Å². The van der Waals surface area contributed by atoms with Gasteiger partial charge in [-0.2, -0.15) is 20.8 Å². The van der Waals surface area contributed by atoms with Crippen molar-refractivity contribution in [2.24, 2.45) is 20.1 Å². The Morgan fingerprint density at radius 2 is 1.20 bits per heavy atom. The molecule has 0 saturated carbocycles. The van der Waals surface area contributed by atoms with Gasteiger partial charge in [0.2, 0.25) is 0 Å². The number of fused-ring (bicyclic) bond motifs is 4. The van der Waals surface area contributed by atoms with Gasteiger partial charge >= 0.3 is 130 Å². The van der Waals surface area contributed by atoms with E-state index >= 15 is 0 Å². The number of alkyl halides is 1. The van der Waals surface area contributed by atoms with E-state index < -0.39 is 59.3 Å². The topological polar surface area (TPSA) is 507 Å². The summed E-state index contributed by atoms with van der Waals surface area (Å²) < 4.78 is 33.6. The molecular formula is C51H60ClIN24O12. The number of anilines is 3. The number of carbonyl (C=O) groups is 6. The SMILES string of the molecule is CC(=O)OI1(C)(OC(C)=O)OC(=O)c2ccccc21.CC(C)(C)OC(=O)Cn1nc(-c2ncc[nH]2)c2c(N)ncnc21.CC(C)(C)OC(=O)Cn1nc(C2=NCCN2)c2c(N)ccnc21.N=NN=NCl.Nc1ncnc2c1c(-c1ncc[nH]1)nn2CC(=O)O. The number of nitrogens with zero attached hydrogens (tertiary/aromatic N) is 17. The molecule has 0 aliphatic carbocycles. The Hall–Kier alpha value is -10.7. The summed E-state index contributed by atoms with van der Waals surface area (Å²) in [5, 5.41) is 31.9. The van der Waals surface area contributed by atoms with Crippen LogP contribution in [0.5, 0.6) is 0 Å². The molecule has 2 aliphatic rings. The van der Waals surface area contributed by atoms with Crippen molar-refractivity contribution < 1.29 is 52.5 Å². The first-order valence-electron chi connectivity index (χ1n) is 26.0. The maximum absolute atomic E-state index is 12.1. The number of carboxylic acids is 1. The molecule has 0 saturated heterocycles. The largest absolute Gasteiger partial charge is 0.480 e. The summed E-state index contributed by atoms with van der Waals surface area (Å²) in [6.07, 6.45) is 10.7. The fraction of sp³-hybridized carbons (Fsp3) is 0.314. The van der Waals surface area contributed by atoms with Gasteiger partial charge in [0.1, 0.15) is 78.0 Å². The van der Waals surface area contributed by atoms with Crippen LogP contribution in [0.15, 0.2) is 94.0 Å². The molecule has 8 aromatic heterocycles. The number of nitrogen functional groups attached to an aromatic ring is 3. The monoisotopic (exact) mass is 1360 g/mol. The molecule has 0 bridgehead atoms. The van der Waals surface area contributed by atoms with Gasteiger partial charge in [0.05, 0.1) is 34.5 Å². The number of amidine groups is 1. The Morgan fingerprint density at radius 3 is 1.63 bits per heavy atom. The number of aliphatic imine (C=N–C) groups is 1. The minimum atomic E-state index is -5.01. The molecule has 36 nitrogen and oxygen atoms in total. The summed E-state index contributed by atoms with van der Waals surface area (Å²) in [7, 11) is 0. The average Bonchev–Trinajstić information content (AvgIpc) is 1.61. The third-order valence-corrected chi connectivity index (χ3v) is 19.6. The number of benzene rings is 1. The van der Waals surface area contributed by atoms with Crippen LogP contribution in [0, 0.1) is 9.10 Å². The molecule has 10 heterocycles. The van der Waals surface area contributed by atoms with E-state index in [2.05, 4.69) is 97.3 Å². The molecule has 38 heteroatoms. The standard InChI is InChI=1S/C15H20N6O2.C14H17N7O2.C12H13IO6.C10H9N7O2.ClHN4/c1-15(2,3)23-10(22)8-21-14-11(9(16)4-5-19-14)12(20-21)13-17-6-7-18-13;1-14(2,3)23-8(22)6-21-13-9(11(15)18-7-19-13)10(20-21)12-16-4-5-17-12;1-8(14)17-13(3,18-9(2)15)11-7-5-4-6-10(11)12(16)19-13;11-8-6-7(9-12-1-2-13-9)16-17(3-5(18)19)10(6)15-4-14-8;1-3-5-4-2/h4-5H,6-8H2,1-3H3,(H2,16,19)(H,17,18);4-5,7H,6H2,1-3H3,(H,16,17)(H2,15,18,19);4-7H,1-3H3;1-2,4H,3H2,(H,12,13)(H,18,19)(H2,11,14,15);2H. The van der Waals surface area contributed by atoms with Gasteiger partial charge in [0, 0.05) is 43.2 Å². The van der Waals surface area contributed by atoms with Gasteiger partial charge in [-0.25, -0.2) is 48.9 Å². The van der Waals surface area contributed by atoms with E-state index in [0.29, 0.717) is 83.5 Å². The zero-order valence-corrected chi connectivity index (χ0v) is 51.9. The summed E-state index contributed by atoms with van der Waals surface area (Å²) in [5.74, 6) is -1.59. The van der Waals surface area contributed by atoms with Crippen LogP contribution in [-0.4, -0.2) is 150 Å². The van der Waals surface area contributed by atoms with Gasteiger partial charge in [0.25, 0.3) is 0 Å². The molecule has 89 heavy (non-hydrogen) atoms. The molecule has 2 aliphatic heterocycles.